The van der Waals surface area contributed by atoms with E-state index < -0.39 is 7.14 Å². The molecule has 0 aliphatic carbocycles. The molecule has 1 nitrogen and oxygen atoms in total. The fourth-order valence-corrected chi connectivity index (χ4v) is 4.67. The fourth-order valence-electron chi connectivity index (χ4n) is 2.36. The molecule has 2 aromatic rings. The molecule has 0 amide bonds. The van der Waals surface area contributed by atoms with Gasteiger partial charge in [0.05, 0.1) is 0 Å². The molecule has 0 aromatic heterocycles. The quantitative estimate of drug-likeness (QED) is 0.514. The Bertz CT molecular complexity index is 558. The Morgan fingerprint density at radius 1 is 0.857 bits per heavy atom. The molecule has 2 aromatic carbocycles. The Balaban J connectivity index is 2.30. The second-order valence-electron chi connectivity index (χ2n) is 5.21. The third kappa shape index (κ3) is 4.19. The van der Waals surface area contributed by atoms with Gasteiger partial charge in [0.25, 0.3) is 0 Å². The van der Waals surface area contributed by atoms with Crippen molar-refractivity contribution in [1.82, 2.24) is 0 Å². The molecule has 0 saturated carbocycles. The molecule has 0 aliphatic rings. The van der Waals surface area contributed by atoms with Crippen molar-refractivity contribution in [2.45, 2.75) is 32.6 Å². The number of hydrogen-bond donors (Lipinski definition) is 0. The van der Waals surface area contributed by atoms with E-state index in [1.165, 1.54) is 12.8 Å². The van der Waals surface area contributed by atoms with Crippen LogP contribution in [0.1, 0.15) is 32.6 Å². The summed E-state index contributed by atoms with van der Waals surface area (Å²) in [5.74, 6) is 1.94. The summed E-state index contributed by atoms with van der Waals surface area (Å²) >= 11 is 0. The van der Waals surface area contributed by atoms with Crippen LogP contribution in [0.3, 0.4) is 0 Å². The Morgan fingerprint density at radius 3 is 1.86 bits per heavy atom. The average Bonchev–Trinajstić information content (AvgIpc) is 2.56. The number of hydrogen-bond acceptors (Lipinski definition) is 1. The van der Waals surface area contributed by atoms with Crippen LogP contribution in [-0.2, 0) is 4.57 Å². The number of benzene rings is 2. The predicted octanol–water partition coefficient (Wildman–Crippen LogP) is 5.09. The molecule has 0 aliphatic heterocycles. The van der Waals surface area contributed by atoms with Gasteiger partial charge in [-0.05, 0) is 18.7 Å². The van der Waals surface area contributed by atoms with Gasteiger partial charge in [0.1, 0.15) is 0 Å². The monoisotopic (exact) mass is 298 g/mol. The first-order valence-electron chi connectivity index (χ1n) is 7.66. The minimum atomic E-state index is -2.65. The number of rotatable bonds is 7. The highest BCUT2D eigenvalue weighted by molar-refractivity contribution is 7.81. The molecular weight excluding hydrogens is 275 g/mol. The molecule has 0 fully saturated rings. The average molecular weight is 298 g/mol. The maximum absolute atomic E-state index is 13.6. The van der Waals surface area contributed by atoms with Crippen molar-refractivity contribution in [3.63, 3.8) is 0 Å². The van der Waals surface area contributed by atoms with Gasteiger partial charge < -0.3 is 4.57 Å². The molecule has 2 rings (SSSR count). The van der Waals surface area contributed by atoms with Crippen molar-refractivity contribution in [3.05, 3.63) is 72.6 Å². The van der Waals surface area contributed by atoms with Gasteiger partial charge in [-0.15, -0.1) is 0 Å². The van der Waals surface area contributed by atoms with Gasteiger partial charge in [-0.1, -0.05) is 86.5 Å². The predicted molar refractivity (Wildman–Crippen MR) is 93.0 cm³/mol. The lowest BCUT2D eigenvalue weighted by Gasteiger charge is -2.15. The zero-order valence-corrected chi connectivity index (χ0v) is 13.5. The van der Waals surface area contributed by atoms with Crippen LogP contribution in [-0.4, -0.2) is 0 Å². The van der Waals surface area contributed by atoms with E-state index >= 15 is 0 Å². The summed E-state index contributed by atoms with van der Waals surface area (Å²) in [4.78, 5) is 0. The molecule has 0 saturated heterocycles. The van der Waals surface area contributed by atoms with Crippen LogP contribution in [0.4, 0.5) is 0 Å². The van der Waals surface area contributed by atoms with Crippen LogP contribution < -0.4 is 10.6 Å². The number of unbranched alkanes of at least 4 members (excludes halogenated alkanes) is 3. The second-order valence-corrected chi connectivity index (χ2v) is 7.86. The topological polar surface area (TPSA) is 17.1 Å². The minimum Gasteiger partial charge on any atom is -0.309 e. The van der Waals surface area contributed by atoms with Crippen LogP contribution >= 0.6 is 7.14 Å². The molecule has 0 unspecified atom stereocenters. The summed E-state index contributed by atoms with van der Waals surface area (Å²) in [7, 11) is -2.65. The lowest BCUT2D eigenvalue weighted by molar-refractivity contribution is 0.592. The number of allylic oxidation sites excluding steroid dienone is 1. The normalized spacial score (nSPS) is 11.9. The van der Waals surface area contributed by atoms with E-state index in [2.05, 4.69) is 13.0 Å². The molecule has 0 N–H and O–H groups in total. The van der Waals surface area contributed by atoms with E-state index in [0.29, 0.717) is 0 Å². The summed E-state index contributed by atoms with van der Waals surface area (Å²) in [6.07, 6.45) is 6.69. The van der Waals surface area contributed by atoms with Gasteiger partial charge in [-0.3, -0.25) is 0 Å². The second kappa shape index (κ2) is 8.00. The maximum Gasteiger partial charge on any atom is 0.163 e. The van der Waals surface area contributed by atoms with Crippen LogP contribution in [0.5, 0.6) is 0 Å². The van der Waals surface area contributed by atoms with E-state index in [4.69, 9.17) is 0 Å². The molecule has 0 bridgehead atoms. The molecule has 0 radical (unpaired) electrons. The highest BCUT2D eigenvalue weighted by Crippen LogP contribution is 2.44. The maximum atomic E-state index is 13.6. The largest absolute Gasteiger partial charge is 0.309 e. The van der Waals surface area contributed by atoms with Crippen molar-refractivity contribution in [1.29, 1.82) is 0 Å². The Hall–Kier alpha value is -1.59. The van der Waals surface area contributed by atoms with Crippen molar-refractivity contribution < 1.29 is 4.57 Å². The van der Waals surface area contributed by atoms with E-state index in [-0.39, 0.29) is 0 Å². The van der Waals surface area contributed by atoms with Crippen molar-refractivity contribution >= 4 is 17.8 Å². The van der Waals surface area contributed by atoms with Gasteiger partial charge in [-0.2, -0.15) is 0 Å². The summed E-state index contributed by atoms with van der Waals surface area (Å²) in [5, 5.41) is 1.81. The van der Waals surface area contributed by atoms with Gasteiger partial charge in [0, 0.05) is 10.6 Å². The molecule has 0 spiro atoms. The molecular formula is C19H23OP. The molecule has 0 heterocycles. The van der Waals surface area contributed by atoms with E-state index in [0.717, 1.165) is 23.5 Å². The Kier molecular flexibility index (Phi) is 6.02. The first kappa shape index (κ1) is 15.8. The Morgan fingerprint density at radius 2 is 1.38 bits per heavy atom. The van der Waals surface area contributed by atoms with E-state index in [1.54, 1.807) is 0 Å². The molecule has 0 atom stereocenters. The summed E-state index contributed by atoms with van der Waals surface area (Å²) in [5.41, 5.74) is 0. The van der Waals surface area contributed by atoms with E-state index in [9.17, 15) is 4.57 Å². The summed E-state index contributed by atoms with van der Waals surface area (Å²) < 4.78 is 13.6. The minimum absolute atomic E-state index is 0.906. The summed E-state index contributed by atoms with van der Waals surface area (Å²) in [6, 6.07) is 19.6. The first-order valence-corrected chi connectivity index (χ1v) is 9.43. The van der Waals surface area contributed by atoms with Gasteiger partial charge >= 0.3 is 0 Å². The van der Waals surface area contributed by atoms with Crippen molar-refractivity contribution in [2.75, 3.05) is 0 Å². The van der Waals surface area contributed by atoms with Crippen molar-refractivity contribution in [3.8, 4) is 0 Å². The molecule has 110 valence electrons. The highest BCUT2D eigenvalue weighted by atomic mass is 31.2. The van der Waals surface area contributed by atoms with Crippen LogP contribution in [0, 0.1) is 0 Å². The van der Waals surface area contributed by atoms with Crippen molar-refractivity contribution in [2.24, 2.45) is 0 Å². The Labute approximate surface area is 128 Å². The van der Waals surface area contributed by atoms with E-state index in [1.807, 2.05) is 66.5 Å². The zero-order valence-electron chi connectivity index (χ0n) is 12.6. The lowest BCUT2D eigenvalue weighted by atomic mass is 10.2. The van der Waals surface area contributed by atoms with Gasteiger partial charge in [-0.25, -0.2) is 0 Å². The van der Waals surface area contributed by atoms with Gasteiger partial charge in [0.15, 0.2) is 7.14 Å². The van der Waals surface area contributed by atoms with Crippen LogP contribution in [0.15, 0.2) is 72.6 Å². The van der Waals surface area contributed by atoms with Gasteiger partial charge in [0.2, 0.25) is 0 Å². The smallest absolute Gasteiger partial charge is 0.163 e. The fraction of sp³-hybridized carbons (Fsp3) is 0.263. The lowest BCUT2D eigenvalue weighted by Crippen LogP contribution is -2.13. The van der Waals surface area contributed by atoms with Crippen LogP contribution in [0.2, 0.25) is 0 Å². The summed E-state index contributed by atoms with van der Waals surface area (Å²) in [6.45, 7) is 2.20. The highest BCUT2D eigenvalue weighted by Gasteiger charge is 2.23. The zero-order chi connectivity index (χ0) is 15.0. The third-order valence-electron chi connectivity index (χ3n) is 3.57. The SMILES string of the molecule is CCCCC/C=C/P(=O)(c1ccccc1)c1ccccc1. The third-order valence-corrected chi connectivity index (χ3v) is 6.33. The molecule has 21 heavy (non-hydrogen) atoms. The van der Waals surface area contributed by atoms with Crippen LogP contribution in [0.25, 0.3) is 0 Å². The molecule has 2 heteroatoms. The standard InChI is InChI=1S/C19H23OP/c1-2-3-4-5-12-17-21(20,18-13-8-6-9-14-18)19-15-10-7-11-16-19/h6-17H,2-5H2,1H3/b17-12+. The first-order chi connectivity index (χ1) is 10.3.